The summed E-state index contributed by atoms with van der Waals surface area (Å²) in [5, 5.41) is 8.22. The van der Waals surface area contributed by atoms with Crippen molar-refractivity contribution >= 4 is 23.7 Å². The zero-order valence-electron chi connectivity index (χ0n) is 30.9. The summed E-state index contributed by atoms with van der Waals surface area (Å²) < 4.78 is 74.3. The molecule has 0 aromatic rings. The second-order valence-electron chi connectivity index (χ2n) is 5.25. The van der Waals surface area contributed by atoms with E-state index < -0.39 is 17.9 Å². The van der Waals surface area contributed by atoms with Crippen molar-refractivity contribution in [3.8, 4) is 0 Å². The van der Waals surface area contributed by atoms with E-state index >= 15 is 0 Å². The van der Waals surface area contributed by atoms with E-state index in [0.717, 1.165) is 0 Å². The Kier molecular flexibility index (Phi) is 14.1. The van der Waals surface area contributed by atoms with Gasteiger partial charge in [0.15, 0.2) is 0 Å². The second kappa shape index (κ2) is 23.2. The Bertz CT molecular complexity index is 574. The lowest BCUT2D eigenvalue weighted by molar-refractivity contribution is -0.158. The summed E-state index contributed by atoms with van der Waals surface area (Å²) in [5.74, 6) is -1.61. The largest absolute Gasteiger partial charge is 0.481 e. The SMILES string of the molecule is C/C=C/C=C\CCC(=O)O.C/C=C/C=C\CCC(=O)OC(C)=O.CC(C)=O.[2HH].[2H][2H].[2H][2H].[2H][2H].[2H][2H].[2H][2H].[2H][2H].[2H][2H]. The van der Waals surface area contributed by atoms with E-state index in [2.05, 4.69) is 4.74 Å². The fourth-order valence-electron chi connectivity index (χ4n) is 1.19. The molecule has 27 heavy (non-hydrogen) atoms. The molecule has 0 fully saturated rings. The van der Waals surface area contributed by atoms with Crippen LogP contribution in [-0.4, -0.2) is 28.8 Å². The molecule has 0 radical (unpaired) electrons. The minimum atomic E-state index is -0.745. The molecule has 0 amide bonds. The predicted octanol–water partition coefficient (Wildman–Crippen LogP) is 6.54. The summed E-state index contributed by atoms with van der Waals surface area (Å²) in [5.41, 5.74) is 0. The zero-order chi connectivity index (χ0) is 35.5. The van der Waals surface area contributed by atoms with Crippen molar-refractivity contribution < 1.29 is 51.2 Å². The topological polar surface area (TPSA) is 97.7 Å². The first kappa shape index (κ1) is 16.4. The van der Waals surface area contributed by atoms with Crippen LogP contribution in [0.15, 0.2) is 48.6 Å². The van der Waals surface area contributed by atoms with Crippen LogP contribution in [0.5, 0.6) is 0 Å². The summed E-state index contributed by atoms with van der Waals surface area (Å²) in [7, 11) is 0. The van der Waals surface area contributed by atoms with Gasteiger partial charge in [-0.3, -0.25) is 14.4 Å². The van der Waals surface area contributed by atoms with Crippen LogP contribution in [0.4, 0.5) is 0 Å². The lowest BCUT2D eigenvalue weighted by Crippen LogP contribution is -2.07. The summed E-state index contributed by atoms with van der Waals surface area (Å²) in [6.07, 6.45) is 16.6. The van der Waals surface area contributed by atoms with Crippen LogP contribution in [0.2, 0.25) is 0 Å². The number of hydrogen-bond donors (Lipinski definition) is 1. The second-order valence-corrected chi connectivity index (χ2v) is 5.25. The smallest absolute Gasteiger partial charge is 0.313 e. The molecule has 0 aliphatic heterocycles. The maximum atomic E-state index is 10.8. The normalized spacial score (nSPS) is 12.5. The van der Waals surface area contributed by atoms with Crippen molar-refractivity contribution in [2.75, 3.05) is 0 Å². The van der Waals surface area contributed by atoms with Crippen LogP contribution in [-0.2, 0) is 23.9 Å². The van der Waals surface area contributed by atoms with E-state index in [9.17, 15) is 19.2 Å². The lowest BCUT2D eigenvalue weighted by Gasteiger charge is -1.95. The molecule has 0 rings (SSSR count). The number of carboxylic acids is 1. The van der Waals surface area contributed by atoms with Gasteiger partial charge < -0.3 is 14.6 Å². The number of esters is 2. The maximum Gasteiger partial charge on any atom is 0.313 e. The summed E-state index contributed by atoms with van der Waals surface area (Å²) >= 11 is 0. The molecule has 0 aromatic heterocycles. The van der Waals surface area contributed by atoms with Crippen molar-refractivity contribution in [1.29, 1.82) is 0 Å². The van der Waals surface area contributed by atoms with Crippen LogP contribution >= 0.6 is 0 Å². The highest BCUT2D eigenvalue weighted by molar-refractivity contribution is 5.84. The van der Waals surface area contributed by atoms with E-state index in [4.69, 9.17) is 25.9 Å². The predicted molar refractivity (Wildman–Crippen MR) is 124 cm³/mol. The standard InChI is InChI=1S/C10H14O3.C8H12O2.C3H6O.8H2/c1-3-4-5-6-7-8-10(12)13-9(2)11;1-2-3-4-5-6-7-8(9)10;1-3(2)4;;;;;;;;/h3-6H,7-8H2,1-2H3;2-5H,6-7H2,1H3,(H,9,10);1-2H3;8*1H/b4-3+,6-5-;3-2+,5-4-;;;;;;;;;/i;;;7*1+1D;1+1. The first-order valence-electron chi connectivity index (χ1n) is 15.6. The molecular weight excluding hydrogens is 348 g/mol. The van der Waals surface area contributed by atoms with Crippen LogP contribution < -0.4 is 0 Å². The molecule has 0 bridgehead atoms. The number of rotatable bonds is 8. The Labute approximate surface area is 185 Å². The molecule has 0 aromatic carbocycles. The Balaban J connectivity index is -0.0000000327. The molecular formula is C21H48O6. The van der Waals surface area contributed by atoms with Gasteiger partial charge in [0.05, 0.1) is 0 Å². The molecule has 6 heteroatoms. The van der Waals surface area contributed by atoms with E-state index in [0.29, 0.717) is 12.8 Å². The number of Topliss-reactive ketones (excluding diaryl/α,β-unsaturated/α-hetero) is 1. The monoisotopic (exact) mass is 411 g/mol. The third-order valence-electron chi connectivity index (χ3n) is 2.18. The fraction of sp³-hybridized carbons (Fsp3) is 0.429. The highest BCUT2D eigenvalue weighted by Gasteiger charge is 2.03. The highest BCUT2D eigenvalue weighted by Crippen LogP contribution is 1.95. The molecule has 0 aliphatic carbocycles. The highest BCUT2D eigenvalue weighted by atomic mass is 16.6. The van der Waals surface area contributed by atoms with E-state index in [-0.39, 0.29) is 20.1 Å². The number of carbonyl (C=O) groups excluding carboxylic acids is 3. The van der Waals surface area contributed by atoms with Crippen molar-refractivity contribution in [1.82, 2.24) is 0 Å². The van der Waals surface area contributed by atoms with Gasteiger partial charge in [-0.05, 0) is 40.5 Å². The summed E-state index contributed by atoms with van der Waals surface area (Å²) in [4.78, 5) is 40.5. The van der Waals surface area contributed by atoms with Gasteiger partial charge in [0.1, 0.15) is 5.78 Å². The fourth-order valence-corrected chi connectivity index (χ4v) is 1.19. The molecule has 0 saturated carbocycles. The van der Waals surface area contributed by atoms with Crippen molar-refractivity contribution in [2.24, 2.45) is 0 Å². The quantitative estimate of drug-likeness (QED) is 0.277. The Morgan fingerprint density at radius 2 is 1.26 bits per heavy atom. The van der Waals surface area contributed by atoms with Crippen LogP contribution in [0.25, 0.3) is 0 Å². The summed E-state index contributed by atoms with van der Waals surface area (Å²) in [6.45, 7) is 8.10. The van der Waals surface area contributed by atoms with Gasteiger partial charge in [-0.2, -0.15) is 0 Å². The first-order valence-corrected chi connectivity index (χ1v) is 8.63. The van der Waals surface area contributed by atoms with E-state index in [1.54, 1.807) is 0 Å². The maximum absolute atomic E-state index is 10.8. The number of ether oxygens (including phenoxy) is 1. The third-order valence-corrected chi connectivity index (χ3v) is 2.18. The Morgan fingerprint density at radius 1 is 0.852 bits per heavy atom. The molecule has 0 heterocycles. The molecule has 168 valence electrons. The molecule has 1 N–H and O–H groups in total. The molecule has 0 saturated heterocycles. The van der Waals surface area contributed by atoms with Gasteiger partial charge in [-0.15, -0.1) is 0 Å². The number of aliphatic carboxylic acids is 1. The van der Waals surface area contributed by atoms with Gasteiger partial charge in [0, 0.05) is 42.0 Å². The molecule has 6 nitrogen and oxygen atoms in total. The van der Waals surface area contributed by atoms with E-state index in [1.807, 2.05) is 62.5 Å². The van der Waals surface area contributed by atoms with Crippen LogP contribution in [0.3, 0.4) is 0 Å². The molecule has 0 atom stereocenters. The average molecular weight is 412 g/mol. The number of allylic oxidation sites excluding steroid dienone is 8. The van der Waals surface area contributed by atoms with Crippen LogP contribution in [0.1, 0.15) is 82.5 Å². The Morgan fingerprint density at radius 3 is 1.59 bits per heavy atom. The average Bonchev–Trinajstić information content (AvgIpc) is 3.00. The van der Waals surface area contributed by atoms with Gasteiger partial charge in [-0.1, -0.05) is 48.6 Å². The molecule has 0 aliphatic rings. The number of ketones is 1. The number of hydrogen-bond acceptors (Lipinski definition) is 5. The zero-order valence-corrected chi connectivity index (χ0v) is 16.9. The minimum Gasteiger partial charge on any atom is -0.481 e. The van der Waals surface area contributed by atoms with Gasteiger partial charge >= 0.3 is 17.9 Å². The first-order chi connectivity index (χ1) is 19.7. The van der Waals surface area contributed by atoms with Crippen LogP contribution in [0, 0.1) is 0 Å². The van der Waals surface area contributed by atoms with Gasteiger partial charge in [-0.25, -0.2) is 0 Å². The summed E-state index contributed by atoms with van der Waals surface area (Å²) in [6, 6.07) is 0. The number of carbonyl (C=O) groups is 4. The van der Waals surface area contributed by atoms with Gasteiger partial charge in [0.2, 0.25) is 0 Å². The van der Waals surface area contributed by atoms with Crippen molar-refractivity contribution in [3.05, 3.63) is 48.6 Å². The van der Waals surface area contributed by atoms with Crippen molar-refractivity contribution in [2.45, 2.75) is 60.3 Å². The lowest BCUT2D eigenvalue weighted by atomic mass is 10.3. The van der Waals surface area contributed by atoms with Gasteiger partial charge in [0.25, 0.3) is 0 Å². The minimum absolute atomic E-state index is 0. The third kappa shape index (κ3) is 45.1. The Hall–Kier alpha value is -2.76. The van der Waals surface area contributed by atoms with E-state index in [1.165, 1.54) is 20.8 Å². The molecule has 0 spiro atoms. The molecule has 0 unspecified atom stereocenters. The van der Waals surface area contributed by atoms with Crippen molar-refractivity contribution in [3.63, 3.8) is 0 Å². The number of carboxylic acid groups (broad SMARTS) is 1.